The Morgan fingerprint density at radius 2 is 2.10 bits per heavy atom. The van der Waals surface area contributed by atoms with E-state index in [0.29, 0.717) is 17.3 Å². The van der Waals surface area contributed by atoms with Crippen LogP contribution in [0.2, 0.25) is 0 Å². The number of carbonyl (C=O) groups excluding carboxylic acids is 1. The van der Waals surface area contributed by atoms with Gasteiger partial charge >= 0.3 is 0 Å². The Morgan fingerprint density at radius 3 is 2.75 bits per heavy atom. The molecule has 2 heterocycles. The Labute approximate surface area is 112 Å². The molecule has 20 heavy (non-hydrogen) atoms. The SMILES string of the molecule is O=C(NCc1nn[nH]n1)c1ccc(-c2nnco2)cc1. The molecule has 2 N–H and O–H groups in total. The van der Waals surface area contributed by atoms with Crippen LogP contribution in [0, 0.1) is 0 Å². The van der Waals surface area contributed by atoms with Gasteiger partial charge in [0.1, 0.15) is 0 Å². The standard InChI is InChI=1S/C11H9N7O2/c19-10(12-5-9-14-17-18-15-9)7-1-3-8(4-2-7)11-16-13-6-20-11/h1-4,6H,5H2,(H,12,19)(H,14,15,17,18). The van der Waals surface area contributed by atoms with Crippen molar-refractivity contribution in [3.8, 4) is 11.5 Å². The number of H-pyrrole nitrogens is 1. The van der Waals surface area contributed by atoms with Crippen LogP contribution < -0.4 is 5.32 Å². The first-order valence-corrected chi connectivity index (χ1v) is 5.70. The lowest BCUT2D eigenvalue weighted by Gasteiger charge is -2.02. The van der Waals surface area contributed by atoms with Gasteiger partial charge in [-0.3, -0.25) is 4.79 Å². The summed E-state index contributed by atoms with van der Waals surface area (Å²) in [6.45, 7) is 0.209. The summed E-state index contributed by atoms with van der Waals surface area (Å²) < 4.78 is 5.07. The highest BCUT2D eigenvalue weighted by Gasteiger charge is 2.08. The zero-order valence-electron chi connectivity index (χ0n) is 10.1. The fourth-order valence-corrected chi connectivity index (χ4v) is 1.58. The molecule has 1 amide bonds. The van der Waals surface area contributed by atoms with Crippen molar-refractivity contribution in [2.45, 2.75) is 6.54 Å². The molecule has 0 saturated carbocycles. The molecule has 0 aliphatic carbocycles. The fraction of sp³-hybridized carbons (Fsp3) is 0.0909. The molecule has 3 aromatic rings. The number of carbonyl (C=O) groups is 1. The molecule has 0 unspecified atom stereocenters. The van der Waals surface area contributed by atoms with Gasteiger partial charge in [0, 0.05) is 11.1 Å². The van der Waals surface area contributed by atoms with Crippen molar-refractivity contribution in [2.75, 3.05) is 0 Å². The molecule has 9 nitrogen and oxygen atoms in total. The highest BCUT2D eigenvalue weighted by molar-refractivity contribution is 5.94. The Balaban J connectivity index is 1.66. The molecule has 2 aromatic heterocycles. The monoisotopic (exact) mass is 271 g/mol. The van der Waals surface area contributed by atoms with Gasteiger partial charge in [-0.25, -0.2) is 0 Å². The van der Waals surface area contributed by atoms with Crippen molar-refractivity contribution in [1.82, 2.24) is 36.1 Å². The quantitative estimate of drug-likeness (QED) is 0.693. The summed E-state index contributed by atoms with van der Waals surface area (Å²) in [6, 6.07) is 6.81. The summed E-state index contributed by atoms with van der Waals surface area (Å²) in [7, 11) is 0. The second kappa shape index (κ2) is 5.26. The second-order valence-corrected chi connectivity index (χ2v) is 3.83. The number of aromatic amines is 1. The van der Waals surface area contributed by atoms with Crippen LogP contribution in [0.25, 0.3) is 11.5 Å². The molecule has 0 radical (unpaired) electrons. The van der Waals surface area contributed by atoms with Gasteiger partial charge in [0.2, 0.25) is 12.3 Å². The lowest BCUT2D eigenvalue weighted by atomic mass is 10.1. The smallest absolute Gasteiger partial charge is 0.251 e. The maximum Gasteiger partial charge on any atom is 0.251 e. The predicted molar refractivity (Wildman–Crippen MR) is 65.1 cm³/mol. The van der Waals surface area contributed by atoms with Crippen molar-refractivity contribution < 1.29 is 9.21 Å². The van der Waals surface area contributed by atoms with E-state index in [2.05, 4.69) is 36.1 Å². The van der Waals surface area contributed by atoms with Crippen LogP contribution in [0.5, 0.6) is 0 Å². The van der Waals surface area contributed by atoms with E-state index < -0.39 is 0 Å². The lowest BCUT2D eigenvalue weighted by molar-refractivity contribution is 0.0950. The Hall–Kier alpha value is -3.10. The Bertz CT molecular complexity index is 676. The third-order valence-corrected chi connectivity index (χ3v) is 2.55. The summed E-state index contributed by atoms with van der Waals surface area (Å²) in [6.07, 6.45) is 1.25. The van der Waals surface area contributed by atoms with Gasteiger partial charge in [-0.2, -0.15) is 5.21 Å². The van der Waals surface area contributed by atoms with E-state index in [4.69, 9.17) is 4.42 Å². The second-order valence-electron chi connectivity index (χ2n) is 3.83. The van der Waals surface area contributed by atoms with E-state index in [1.807, 2.05) is 0 Å². The molecular formula is C11H9N7O2. The first-order chi connectivity index (χ1) is 9.83. The number of hydrogen-bond acceptors (Lipinski definition) is 7. The zero-order chi connectivity index (χ0) is 13.8. The molecule has 0 aliphatic rings. The maximum absolute atomic E-state index is 11.9. The number of hydrogen-bond donors (Lipinski definition) is 2. The highest BCUT2D eigenvalue weighted by Crippen LogP contribution is 2.16. The minimum Gasteiger partial charge on any atom is -0.423 e. The minimum absolute atomic E-state index is 0.209. The van der Waals surface area contributed by atoms with Crippen LogP contribution >= 0.6 is 0 Å². The number of amides is 1. The third kappa shape index (κ3) is 2.51. The summed E-state index contributed by atoms with van der Waals surface area (Å²) in [5, 5.41) is 23.3. The topological polar surface area (TPSA) is 122 Å². The molecule has 0 saturated heterocycles. The van der Waals surface area contributed by atoms with Gasteiger partial charge in [-0.15, -0.1) is 20.4 Å². The molecule has 0 bridgehead atoms. The molecule has 3 rings (SSSR count). The lowest BCUT2D eigenvalue weighted by Crippen LogP contribution is -2.23. The number of nitrogens with one attached hydrogen (secondary N) is 2. The van der Waals surface area contributed by atoms with E-state index in [1.165, 1.54) is 6.39 Å². The van der Waals surface area contributed by atoms with Gasteiger partial charge in [0.25, 0.3) is 5.91 Å². The van der Waals surface area contributed by atoms with E-state index >= 15 is 0 Å². The van der Waals surface area contributed by atoms with Crippen LogP contribution in [0.4, 0.5) is 0 Å². The van der Waals surface area contributed by atoms with Crippen LogP contribution in [0.15, 0.2) is 35.1 Å². The number of benzene rings is 1. The molecular weight excluding hydrogens is 262 g/mol. The van der Waals surface area contributed by atoms with Gasteiger partial charge in [-0.1, -0.05) is 5.21 Å². The molecule has 0 atom stereocenters. The van der Waals surface area contributed by atoms with E-state index in [9.17, 15) is 4.79 Å². The first kappa shape index (κ1) is 12.0. The van der Waals surface area contributed by atoms with E-state index in [1.54, 1.807) is 24.3 Å². The maximum atomic E-state index is 11.9. The van der Waals surface area contributed by atoms with Gasteiger partial charge in [0.15, 0.2) is 5.82 Å². The fourth-order valence-electron chi connectivity index (χ4n) is 1.58. The Morgan fingerprint density at radius 1 is 1.25 bits per heavy atom. The largest absolute Gasteiger partial charge is 0.423 e. The minimum atomic E-state index is -0.230. The van der Waals surface area contributed by atoms with Gasteiger partial charge < -0.3 is 9.73 Å². The van der Waals surface area contributed by atoms with E-state index in [0.717, 1.165) is 5.56 Å². The van der Waals surface area contributed by atoms with Crippen molar-refractivity contribution in [1.29, 1.82) is 0 Å². The van der Waals surface area contributed by atoms with Crippen molar-refractivity contribution >= 4 is 5.91 Å². The number of rotatable bonds is 4. The average Bonchev–Trinajstić information content (AvgIpc) is 3.18. The summed E-state index contributed by atoms with van der Waals surface area (Å²) in [4.78, 5) is 11.9. The summed E-state index contributed by atoms with van der Waals surface area (Å²) in [5.41, 5.74) is 1.26. The van der Waals surface area contributed by atoms with Crippen LogP contribution in [-0.4, -0.2) is 36.7 Å². The number of tetrazole rings is 1. The molecule has 0 aliphatic heterocycles. The van der Waals surface area contributed by atoms with E-state index in [-0.39, 0.29) is 12.5 Å². The molecule has 0 spiro atoms. The highest BCUT2D eigenvalue weighted by atomic mass is 16.4. The van der Waals surface area contributed by atoms with Crippen molar-refractivity contribution in [3.63, 3.8) is 0 Å². The van der Waals surface area contributed by atoms with Crippen LogP contribution in [0.3, 0.4) is 0 Å². The first-order valence-electron chi connectivity index (χ1n) is 5.70. The van der Waals surface area contributed by atoms with Crippen LogP contribution in [0.1, 0.15) is 16.2 Å². The van der Waals surface area contributed by atoms with Gasteiger partial charge in [0.05, 0.1) is 6.54 Å². The molecule has 0 fully saturated rings. The van der Waals surface area contributed by atoms with Crippen molar-refractivity contribution in [3.05, 3.63) is 42.0 Å². The normalized spacial score (nSPS) is 10.4. The zero-order valence-corrected chi connectivity index (χ0v) is 10.1. The number of aromatic nitrogens is 6. The Kier molecular flexibility index (Phi) is 3.15. The predicted octanol–water partition coefficient (Wildman–Crippen LogP) is 0.180. The van der Waals surface area contributed by atoms with Crippen LogP contribution in [-0.2, 0) is 6.54 Å². The summed E-state index contributed by atoms with van der Waals surface area (Å²) >= 11 is 0. The average molecular weight is 271 g/mol. The summed E-state index contributed by atoms with van der Waals surface area (Å²) in [5.74, 6) is 0.594. The van der Waals surface area contributed by atoms with Crippen molar-refractivity contribution in [2.24, 2.45) is 0 Å². The molecule has 100 valence electrons. The van der Waals surface area contributed by atoms with Gasteiger partial charge in [-0.05, 0) is 24.3 Å². The molecule has 1 aromatic carbocycles. The number of nitrogens with zero attached hydrogens (tertiary/aromatic N) is 5. The third-order valence-electron chi connectivity index (χ3n) is 2.55. The molecule has 9 heteroatoms.